The molecule has 0 fully saturated rings. The number of nitrogens with zero attached hydrogens (tertiary/aromatic N) is 4. The standard InChI is InChI=1S/C21H19N5O/c1-15-6-2-3-7-17(15)14-26-20-10-9-16(12-19(20)24-25-26)21(27)23-13-18-8-4-5-11-22-18/h2-12H,13-14H2,1H3,(H,23,27). The lowest BCUT2D eigenvalue weighted by molar-refractivity contribution is 0.0950. The average molecular weight is 357 g/mol. The van der Waals surface area contributed by atoms with Crippen molar-refractivity contribution in [2.45, 2.75) is 20.0 Å². The van der Waals surface area contributed by atoms with E-state index in [1.54, 1.807) is 18.3 Å². The smallest absolute Gasteiger partial charge is 0.251 e. The highest BCUT2D eigenvalue weighted by molar-refractivity contribution is 5.97. The summed E-state index contributed by atoms with van der Waals surface area (Å²) in [5, 5.41) is 11.4. The quantitative estimate of drug-likeness (QED) is 0.596. The third-order valence-corrected chi connectivity index (χ3v) is 4.51. The molecule has 1 N–H and O–H groups in total. The first-order chi connectivity index (χ1) is 13.2. The number of carbonyl (C=O) groups is 1. The molecule has 134 valence electrons. The lowest BCUT2D eigenvalue weighted by Crippen LogP contribution is -2.23. The Morgan fingerprint density at radius 2 is 1.93 bits per heavy atom. The Balaban J connectivity index is 1.51. The lowest BCUT2D eigenvalue weighted by atomic mass is 10.1. The van der Waals surface area contributed by atoms with E-state index in [-0.39, 0.29) is 5.91 Å². The molecule has 0 aliphatic carbocycles. The Morgan fingerprint density at radius 1 is 1.07 bits per heavy atom. The molecule has 2 aromatic heterocycles. The maximum atomic E-state index is 12.4. The maximum Gasteiger partial charge on any atom is 0.251 e. The van der Waals surface area contributed by atoms with Gasteiger partial charge in [0.1, 0.15) is 5.52 Å². The van der Waals surface area contributed by atoms with Crippen molar-refractivity contribution in [2.75, 3.05) is 0 Å². The molecule has 2 aromatic carbocycles. The van der Waals surface area contributed by atoms with Gasteiger partial charge in [0.25, 0.3) is 5.91 Å². The van der Waals surface area contributed by atoms with Gasteiger partial charge in [0, 0.05) is 11.8 Å². The van der Waals surface area contributed by atoms with Crippen LogP contribution in [0, 0.1) is 6.92 Å². The van der Waals surface area contributed by atoms with Gasteiger partial charge in [-0.05, 0) is 48.4 Å². The van der Waals surface area contributed by atoms with Gasteiger partial charge in [-0.25, -0.2) is 4.68 Å². The molecule has 6 heteroatoms. The monoisotopic (exact) mass is 357 g/mol. The molecule has 0 bridgehead atoms. The molecule has 0 unspecified atom stereocenters. The van der Waals surface area contributed by atoms with Crippen LogP contribution in [0.2, 0.25) is 0 Å². The number of rotatable bonds is 5. The second-order valence-corrected chi connectivity index (χ2v) is 6.38. The number of fused-ring (bicyclic) bond motifs is 1. The van der Waals surface area contributed by atoms with Crippen LogP contribution in [0.3, 0.4) is 0 Å². The van der Waals surface area contributed by atoms with Crippen LogP contribution in [-0.4, -0.2) is 25.9 Å². The van der Waals surface area contributed by atoms with E-state index in [2.05, 4.69) is 39.7 Å². The molecular weight excluding hydrogens is 338 g/mol. The molecule has 0 radical (unpaired) electrons. The van der Waals surface area contributed by atoms with Crippen LogP contribution in [0.1, 0.15) is 27.2 Å². The van der Waals surface area contributed by atoms with Crippen molar-refractivity contribution in [2.24, 2.45) is 0 Å². The highest BCUT2D eigenvalue weighted by atomic mass is 16.1. The number of nitrogens with one attached hydrogen (secondary N) is 1. The summed E-state index contributed by atoms with van der Waals surface area (Å²) >= 11 is 0. The molecule has 0 spiro atoms. The van der Waals surface area contributed by atoms with Gasteiger partial charge in [-0.1, -0.05) is 35.5 Å². The molecule has 0 saturated heterocycles. The van der Waals surface area contributed by atoms with Gasteiger partial charge in [-0.15, -0.1) is 5.10 Å². The summed E-state index contributed by atoms with van der Waals surface area (Å²) in [6, 6.07) is 19.3. The van der Waals surface area contributed by atoms with Crippen molar-refractivity contribution in [3.05, 3.63) is 89.2 Å². The summed E-state index contributed by atoms with van der Waals surface area (Å²) in [6.45, 7) is 3.12. The number of pyridine rings is 1. The number of carbonyl (C=O) groups excluding carboxylic acids is 1. The van der Waals surface area contributed by atoms with Gasteiger partial charge in [-0.2, -0.15) is 0 Å². The van der Waals surface area contributed by atoms with E-state index in [0.717, 1.165) is 11.2 Å². The lowest BCUT2D eigenvalue weighted by Gasteiger charge is -2.07. The fraction of sp³-hybridized carbons (Fsp3) is 0.143. The van der Waals surface area contributed by atoms with Crippen molar-refractivity contribution in [3.63, 3.8) is 0 Å². The Kier molecular flexibility index (Phi) is 4.61. The predicted octanol–water partition coefficient (Wildman–Crippen LogP) is 3.11. The van der Waals surface area contributed by atoms with Gasteiger partial charge >= 0.3 is 0 Å². The molecule has 0 aliphatic heterocycles. The number of aromatic nitrogens is 4. The highest BCUT2D eigenvalue weighted by Crippen LogP contribution is 2.16. The van der Waals surface area contributed by atoms with E-state index < -0.39 is 0 Å². The van der Waals surface area contributed by atoms with Gasteiger partial charge in [-0.3, -0.25) is 9.78 Å². The van der Waals surface area contributed by atoms with Gasteiger partial charge < -0.3 is 5.32 Å². The number of amides is 1. The third-order valence-electron chi connectivity index (χ3n) is 4.51. The average Bonchev–Trinajstić information content (AvgIpc) is 3.11. The van der Waals surface area contributed by atoms with Crippen LogP contribution in [0.15, 0.2) is 66.9 Å². The number of hydrogen-bond donors (Lipinski definition) is 1. The van der Waals surface area contributed by atoms with Crippen molar-refractivity contribution >= 4 is 16.9 Å². The van der Waals surface area contributed by atoms with Crippen LogP contribution in [-0.2, 0) is 13.1 Å². The van der Waals surface area contributed by atoms with Gasteiger partial charge in [0.15, 0.2) is 0 Å². The van der Waals surface area contributed by atoms with Crippen LogP contribution in [0.25, 0.3) is 11.0 Å². The van der Waals surface area contributed by atoms with E-state index in [1.807, 2.05) is 41.1 Å². The normalized spacial score (nSPS) is 10.9. The van der Waals surface area contributed by atoms with E-state index >= 15 is 0 Å². The van der Waals surface area contributed by atoms with Crippen molar-refractivity contribution in [1.82, 2.24) is 25.3 Å². The minimum atomic E-state index is -0.156. The molecule has 0 atom stereocenters. The Bertz CT molecular complexity index is 1090. The Hall–Kier alpha value is -3.54. The van der Waals surface area contributed by atoms with Crippen molar-refractivity contribution in [3.8, 4) is 0 Å². The molecule has 1 amide bonds. The highest BCUT2D eigenvalue weighted by Gasteiger charge is 2.11. The van der Waals surface area contributed by atoms with Crippen molar-refractivity contribution in [1.29, 1.82) is 0 Å². The van der Waals surface area contributed by atoms with E-state index in [9.17, 15) is 4.79 Å². The molecule has 27 heavy (non-hydrogen) atoms. The Morgan fingerprint density at radius 3 is 2.74 bits per heavy atom. The first-order valence-electron chi connectivity index (χ1n) is 8.76. The van der Waals surface area contributed by atoms with E-state index in [4.69, 9.17) is 0 Å². The van der Waals surface area contributed by atoms with Gasteiger partial charge in [0.2, 0.25) is 0 Å². The van der Waals surface area contributed by atoms with Crippen LogP contribution < -0.4 is 5.32 Å². The van der Waals surface area contributed by atoms with Crippen LogP contribution >= 0.6 is 0 Å². The van der Waals surface area contributed by atoms with Crippen LogP contribution in [0.5, 0.6) is 0 Å². The summed E-state index contributed by atoms with van der Waals surface area (Å²) in [6.07, 6.45) is 1.71. The zero-order valence-electron chi connectivity index (χ0n) is 15.0. The first kappa shape index (κ1) is 16.9. The van der Waals surface area contributed by atoms with Crippen molar-refractivity contribution < 1.29 is 4.79 Å². The van der Waals surface area contributed by atoms with Crippen LogP contribution in [0.4, 0.5) is 0 Å². The zero-order valence-corrected chi connectivity index (χ0v) is 15.0. The fourth-order valence-corrected chi connectivity index (χ4v) is 2.95. The maximum absolute atomic E-state index is 12.4. The molecule has 0 aliphatic rings. The summed E-state index contributed by atoms with van der Waals surface area (Å²) in [4.78, 5) is 16.6. The topological polar surface area (TPSA) is 72.7 Å². The zero-order chi connectivity index (χ0) is 18.6. The van der Waals surface area contributed by atoms with Gasteiger partial charge in [0.05, 0.1) is 24.3 Å². The fourth-order valence-electron chi connectivity index (χ4n) is 2.95. The first-order valence-corrected chi connectivity index (χ1v) is 8.76. The summed E-state index contributed by atoms with van der Waals surface area (Å²) in [5.41, 5.74) is 5.39. The molecular formula is C21H19N5O. The number of aryl methyl sites for hydroxylation is 1. The second-order valence-electron chi connectivity index (χ2n) is 6.38. The third kappa shape index (κ3) is 3.69. The number of hydrogen-bond acceptors (Lipinski definition) is 4. The number of benzene rings is 2. The molecule has 0 saturated carbocycles. The minimum absolute atomic E-state index is 0.156. The Labute approximate surface area is 156 Å². The van der Waals surface area contributed by atoms with E-state index in [1.165, 1.54) is 11.1 Å². The molecule has 6 nitrogen and oxygen atoms in total. The second kappa shape index (κ2) is 7.37. The molecule has 4 aromatic rings. The summed E-state index contributed by atoms with van der Waals surface area (Å²) < 4.78 is 1.85. The minimum Gasteiger partial charge on any atom is -0.346 e. The van der Waals surface area contributed by atoms with E-state index in [0.29, 0.717) is 24.2 Å². The SMILES string of the molecule is Cc1ccccc1Cn1nnc2cc(C(=O)NCc3ccccn3)ccc21. The predicted molar refractivity (Wildman–Crippen MR) is 103 cm³/mol. The molecule has 4 rings (SSSR count). The summed E-state index contributed by atoms with van der Waals surface area (Å²) in [7, 11) is 0. The molecule has 2 heterocycles. The summed E-state index contributed by atoms with van der Waals surface area (Å²) in [5.74, 6) is -0.156. The largest absolute Gasteiger partial charge is 0.346 e.